The van der Waals surface area contributed by atoms with Crippen LogP contribution in [0.1, 0.15) is 15.9 Å². The molecular formula is C19H24N2O5S. The van der Waals surface area contributed by atoms with Crippen LogP contribution in [0, 0.1) is 0 Å². The van der Waals surface area contributed by atoms with E-state index < -0.39 is 16.0 Å². The molecule has 0 amide bonds. The van der Waals surface area contributed by atoms with Gasteiger partial charge in [0, 0.05) is 19.6 Å². The van der Waals surface area contributed by atoms with Crippen molar-refractivity contribution in [3.63, 3.8) is 0 Å². The largest absolute Gasteiger partial charge is 0.495 e. The van der Waals surface area contributed by atoms with Crippen LogP contribution in [-0.4, -0.2) is 52.5 Å². The van der Waals surface area contributed by atoms with Crippen molar-refractivity contribution in [2.24, 2.45) is 5.73 Å². The van der Waals surface area contributed by atoms with E-state index in [0.717, 1.165) is 5.56 Å². The maximum Gasteiger partial charge on any atom is 0.337 e. The molecule has 0 heterocycles. The van der Waals surface area contributed by atoms with Crippen molar-refractivity contribution in [1.82, 2.24) is 4.31 Å². The first kappa shape index (κ1) is 20.9. The molecule has 0 aliphatic heterocycles. The van der Waals surface area contributed by atoms with Crippen molar-refractivity contribution in [3.8, 4) is 5.75 Å². The molecule has 0 aliphatic carbocycles. The summed E-state index contributed by atoms with van der Waals surface area (Å²) >= 11 is 0. The summed E-state index contributed by atoms with van der Waals surface area (Å²) in [6.45, 7) is 0.652. The van der Waals surface area contributed by atoms with Crippen molar-refractivity contribution in [2.45, 2.75) is 11.3 Å². The minimum absolute atomic E-state index is 0.0147. The number of carbonyl (C=O) groups is 1. The highest BCUT2D eigenvalue weighted by atomic mass is 32.2. The standard InChI is InChI=1S/C19H24N2O5S/c1-25-17-14-16(19(22)26-2)8-9-18(17)27(23,24)21(13-11-20)12-10-15-6-4-3-5-7-15/h3-9,14H,10-13,20H2,1-2H3. The zero-order chi connectivity index (χ0) is 19.9. The summed E-state index contributed by atoms with van der Waals surface area (Å²) in [4.78, 5) is 11.7. The summed E-state index contributed by atoms with van der Waals surface area (Å²) in [5, 5.41) is 0. The summed E-state index contributed by atoms with van der Waals surface area (Å²) in [7, 11) is -1.24. The maximum absolute atomic E-state index is 13.1. The summed E-state index contributed by atoms with van der Waals surface area (Å²) in [5.41, 5.74) is 6.87. The van der Waals surface area contributed by atoms with E-state index in [9.17, 15) is 13.2 Å². The number of hydrogen-bond donors (Lipinski definition) is 1. The number of hydrogen-bond acceptors (Lipinski definition) is 6. The molecule has 0 fully saturated rings. The van der Waals surface area contributed by atoms with Gasteiger partial charge in [0.05, 0.1) is 19.8 Å². The molecule has 0 atom stereocenters. The molecule has 0 aliphatic rings. The van der Waals surface area contributed by atoms with Gasteiger partial charge in [0.2, 0.25) is 10.0 Å². The summed E-state index contributed by atoms with van der Waals surface area (Å²) in [6, 6.07) is 13.7. The van der Waals surface area contributed by atoms with E-state index in [2.05, 4.69) is 4.74 Å². The average Bonchev–Trinajstić information content (AvgIpc) is 2.70. The van der Waals surface area contributed by atoms with Crippen molar-refractivity contribution in [3.05, 3.63) is 59.7 Å². The number of benzene rings is 2. The number of rotatable bonds is 9. The van der Waals surface area contributed by atoms with E-state index in [1.54, 1.807) is 0 Å². The van der Waals surface area contributed by atoms with Crippen molar-refractivity contribution >= 4 is 16.0 Å². The summed E-state index contributed by atoms with van der Waals surface area (Å²) in [5.74, 6) is -0.486. The minimum atomic E-state index is -3.85. The molecule has 0 spiro atoms. The number of sulfonamides is 1. The number of esters is 1. The molecule has 2 aromatic rings. The Morgan fingerprint density at radius 2 is 1.78 bits per heavy atom. The lowest BCUT2D eigenvalue weighted by Crippen LogP contribution is -2.37. The zero-order valence-corrected chi connectivity index (χ0v) is 16.2. The Morgan fingerprint density at radius 1 is 1.07 bits per heavy atom. The topological polar surface area (TPSA) is 98.9 Å². The number of carbonyl (C=O) groups excluding carboxylic acids is 1. The Hall–Kier alpha value is -2.42. The van der Waals surface area contributed by atoms with E-state index in [1.165, 1.54) is 36.7 Å². The number of nitrogens with two attached hydrogens (primary N) is 1. The first-order valence-electron chi connectivity index (χ1n) is 8.44. The van der Waals surface area contributed by atoms with Crippen molar-refractivity contribution in [2.75, 3.05) is 33.9 Å². The molecule has 2 rings (SSSR count). The van der Waals surface area contributed by atoms with Crippen LogP contribution in [0.5, 0.6) is 5.75 Å². The molecule has 2 aromatic carbocycles. The number of methoxy groups -OCH3 is 2. The smallest absolute Gasteiger partial charge is 0.337 e. The normalized spacial score (nSPS) is 11.4. The van der Waals surface area contributed by atoms with Gasteiger partial charge in [-0.2, -0.15) is 4.31 Å². The number of nitrogens with zero attached hydrogens (tertiary/aromatic N) is 1. The Kier molecular flexibility index (Phi) is 7.35. The molecule has 0 aromatic heterocycles. The second-order valence-corrected chi connectivity index (χ2v) is 7.69. The molecule has 0 saturated carbocycles. The van der Waals surface area contributed by atoms with Crippen LogP contribution in [0.25, 0.3) is 0 Å². The third kappa shape index (κ3) is 5.06. The highest BCUT2D eigenvalue weighted by molar-refractivity contribution is 7.89. The third-order valence-corrected chi connectivity index (χ3v) is 6.01. The molecule has 2 N–H and O–H groups in total. The van der Waals surface area contributed by atoms with Gasteiger partial charge in [-0.25, -0.2) is 13.2 Å². The Labute approximate surface area is 159 Å². The molecule has 0 saturated heterocycles. The van der Waals surface area contributed by atoms with Gasteiger partial charge >= 0.3 is 5.97 Å². The Morgan fingerprint density at radius 3 is 2.37 bits per heavy atom. The predicted molar refractivity (Wildman–Crippen MR) is 102 cm³/mol. The molecule has 0 unspecified atom stereocenters. The molecule has 146 valence electrons. The fraction of sp³-hybridized carbons (Fsp3) is 0.316. The van der Waals surface area contributed by atoms with Crippen LogP contribution < -0.4 is 10.5 Å². The van der Waals surface area contributed by atoms with Gasteiger partial charge in [0.1, 0.15) is 10.6 Å². The van der Waals surface area contributed by atoms with E-state index in [-0.39, 0.29) is 35.8 Å². The van der Waals surface area contributed by atoms with Crippen LogP contribution in [0.2, 0.25) is 0 Å². The molecule has 27 heavy (non-hydrogen) atoms. The van der Waals surface area contributed by atoms with Gasteiger partial charge in [-0.15, -0.1) is 0 Å². The summed E-state index contributed by atoms with van der Waals surface area (Å²) in [6.07, 6.45) is 0.558. The molecule has 0 radical (unpaired) electrons. The lowest BCUT2D eigenvalue weighted by atomic mass is 10.1. The highest BCUT2D eigenvalue weighted by Crippen LogP contribution is 2.28. The fourth-order valence-corrected chi connectivity index (χ4v) is 4.25. The fourth-order valence-electron chi connectivity index (χ4n) is 2.66. The van der Waals surface area contributed by atoms with Gasteiger partial charge in [-0.3, -0.25) is 0 Å². The Balaban J connectivity index is 2.33. The predicted octanol–water partition coefficient (Wildman–Crippen LogP) is 1.67. The molecular weight excluding hydrogens is 368 g/mol. The SMILES string of the molecule is COC(=O)c1ccc(S(=O)(=O)N(CCN)CCc2ccccc2)c(OC)c1. The average molecular weight is 392 g/mol. The van der Waals surface area contributed by atoms with E-state index in [4.69, 9.17) is 10.5 Å². The first-order chi connectivity index (χ1) is 12.9. The first-order valence-corrected chi connectivity index (χ1v) is 9.88. The van der Waals surface area contributed by atoms with Gasteiger partial charge in [0.25, 0.3) is 0 Å². The van der Waals surface area contributed by atoms with Gasteiger partial charge in [-0.05, 0) is 30.2 Å². The molecule has 0 bridgehead atoms. The Bertz CT molecular complexity index is 869. The van der Waals surface area contributed by atoms with Crippen LogP contribution >= 0.6 is 0 Å². The second-order valence-electron chi connectivity index (χ2n) is 5.79. The molecule has 8 heteroatoms. The van der Waals surface area contributed by atoms with Gasteiger partial charge < -0.3 is 15.2 Å². The van der Waals surface area contributed by atoms with Gasteiger partial charge in [0.15, 0.2) is 0 Å². The third-order valence-electron chi connectivity index (χ3n) is 4.07. The van der Waals surface area contributed by atoms with Crippen LogP contribution in [-0.2, 0) is 21.2 Å². The van der Waals surface area contributed by atoms with Crippen molar-refractivity contribution in [1.29, 1.82) is 0 Å². The van der Waals surface area contributed by atoms with Crippen LogP contribution in [0.15, 0.2) is 53.4 Å². The van der Waals surface area contributed by atoms with Crippen molar-refractivity contribution < 1.29 is 22.7 Å². The van der Waals surface area contributed by atoms with Crippen LogP contribution in [0.3, 0.4) is 0 Å². The minimum Gasteiger partial charge on any atom is -0.495 e. The zero-order valence-electron chi connectivity index (χ0n) is 15.4. The quantitative estimate of drug-likeness (QED) is 0.652. The van der Waals surface area contributed by atoms with Gasteiger partial charge in [-0.1, -0.05) is 30.3 Å². The maximum atomic E-state index is 13.1. The lowest BCUT2D eigenvalue weighted by Gasteiger charge is -2.23. The summed E-state index contributed by atoms with van der Waals surface area (Å²) < 4.78 is 37.5. The van der Waals surface area contributed by atoms with E-state index in [0.29, 0.717) is 6.42 Å². The molecule has 7 nitrogen and oxygen atoms in total. The van der Waals surface area contributed by atoms with E-state index in [1.807, 2.05) is 30.3 Å². The lowest BCUT2D eigenvalue weighted by molar-refractivity contribution is 0.0600. The number of ether oxygens (including phenoxy) is 2. The van der Waals surface area contributed by atoms with Crippen LogP contribution in [0.4, 0.5) is 0 Å². The monoisotopic (exact) mass is 392 g/mol. The van der Waals surface area contributed by atoms with E-state index >= 15 is 0 Å². The second kappa shape index (κ2) is 9.50. The highest BCUT2D eigenvalue weighted by Gasteiger charge is 2.28.